The molecule has 0 bridgehead atoms. The van der Waals surface area contributed by atoms with E-state index in [0.29, 0.717) is 16.4 Å². The van der Waals surface area contributed by atoms with Crippen molar-refractivity contribution in [3.8, 4) is 11.4 Å². The number of thioether (sulfide) groups is 1. The zero-order valence-electron chi connectivity index (χ0n) is 16.0. The van der Waals surface area contributed by atoms with Crippen LogP contribution in [-0.4, -0.2) is 38.2 Å². The largest absolute Gasteiger partial charge is 0.508 e. The number of imide groups is 1. The van der Waals surface area contributed by atoms with Crippen molar-refractivity contribution in [1.29, 1.82) is 0 Å². The molecule has 1 saturated heterocycles. The third-order valence-electron chi connectivity index (χ3n) is 4.49. The van der Waals surface area contributed by atoms with Crippen LogP contribution >= 0.6 is 23.4 Å². The zero-order chi connectivity index (χ0) is 22.0. The van der Waals surface area contributed by atoms with Crippen LogP contribution in [0.5, 0.6) is 5.75 Å². The van der Waals surface area contributed by atoms with Crippen LogP contribution in [0.3, 0.4) is 0 Å². The topological polar surface area (TPSA) is 91.6 Å². The van der Waals surface area contributed by atoms with E-state index in [1.54, 1.807) is 60.7 Å². The van der Waals surface area contributed by atoms with E-state index in [-0.39, 0.29) is 17.2 Å². The van der Waals surface area contributed by atoms with E-state index in [9.17, 15) is 19.5 Å². The summed E-state index contributed by atoms with van der Waals surface area (Å²) >= 11 is 6.61. The molecule has 2 aromatic carbocycles. The molecule has 4 rings (SSSR count). The van der Waals surface area contributed by atoms with E-state index in [1.165, 1.54) is 0 Å². The van der Waals surface area contributed by atoms with Crippen molar-refractivity contribution in [3.05, 3.63) is 82.5 Å². The highest BCUT2D eigenvalue weighted by Gasteiger charge is 2.36. The van der Waals surface area contributed by atoms with Crippen LogP contribution in [0.1, 0.15) is 5.69 Å². The summed E-state index contributed by atoms with van der Waals surface area (Å²) in [6.07, 6.45) is 3.41. The minimum Gasteiger partial charge on any atom is -0.508 e. The molecule has 1 fully saturated rings. The van der Waals surface area contributed by atoms with Gasteiger partial charge < -0.3 is 15.0 Å². The Morgan fingerprint density at radius 3 is 2.48 bits per heavy atom. The van der Waals surface area contributed by atoms with Crippen LogP contribution in [0, 0.1) is 0 Å². The summed E-state index contributed by atoms with van der Waals surface area (Å²) in [7, 11) is 0. The van der Waals surface area contributed by atoms with Crippen molar-refractivity contribution < 1.29 is 19.5 Å². The summed E-state index contributed by atoms with van der Waals surface area (Å²) < 4.78 is 1.82. The van der Waals surface area contributed by atoms with Crippen molar-refractivity contribution in [2.24, 2.45) is 0 Å². The monoisotopic (exact) mass is 453 g/mol. The molecule has 31 heavy (non-hydrogen) atoms. The van der Waals surface area contributed by atoms with E-state index >= 15 is 0 Å². The van der Waals surface area contributed by atoms with Gasteiger partial charge in [-0.05, 0) is 78.5 Å². The molecule has 9 heteroatoms. The lowest BCUT2D eigenvalue weighted by Crippen LogP contribution is -2.36. The molecule has 0 saturated carbocycles. The average molecular weight is 454 g/mol. The molecule has 1 aromatic heterocycles. The predicted molar refractivity (Wildman–Crippen MR) is 120 cm³/mol. The van der Waals surface area contributed by atoms with Crippen LogP contribution in [0.4, 0.5) is 10.5 Å². The first-order valence-corrected chi connectivity index (χ1v) is 10.4. The minimum atomic E-state index is -0.528. The number of carbonyl (C=O) groups excluding carboxylic acids is 3. The smallest absolute Gasteiger partial charge is 0.294 e. The Hall–Kier alpha value is -3.49. The Labute approximate surface area is 186 Å². The summed E-state index contributed by atoms with van der Waals surface area (Å²) in [4.78, 5) is 38.5. The van der Waals surface area contributed by atoms with Crippen molar-refractivity contribution in [2.45, 2.75) is 0 Å². The first kappa shape index (κ1) is 20.8. The Morgan fingerprint density at radius 2 is 1.77 bits per heavy atom. The second kappa shape index (κ2) is 8.71. The molecule has 3 aromatic rings. The van der Waals surface area contributed by atoms with E-state index in [1.807, 2.05) is 16.8 Å². The fourth-order valence-electron chi connectivity index (χ4n) is 3.01. The van der Waals surface area contributed by atoms with Gasteiger partial charge in [-0.15, -0.1) is 0 Å². The van der Waals surface area contributed by atoms with Gasteiger partial charge in [0.05, 0.1) is 4.91 Å². The van der Waals surface area contributed by atoms with E-state index in [4.69, 9.17) is 11.6 Å². The van der Waals surface area contributed by atoms with Crippen molar-refractivity contribution in [2.75, 3.05) is 11.9 Å². The fraction of sp³-hybridized carbons (Fsp3) is 0.0455. The van der Waals surface area contributed by atoms with E-state index in [2.05, 4.69) is 5.32 Å². The van der Waals surface area contributed by atoms with Crippen molar-refractivity contribution in [1.82, 2.24) is 9.47 Å². The number of carbonyl (C=O) groups is 3. The maximum Gasteiger partial charge on any atom is 0.294 e. The molecule has 0 aliphatic carbocycles. The summed E-state index contributed by atoms with van der Waals surface area (Å²) in [5, 5.41) is 12.1. The van der Waals surface area contributed by atoms with Crippen LogP contribution in [0.25, 0.3) is 11.8 Å². The Balaban J connectivity index is 1.49. The zero-order valence-corrected chi connectivity index (χ0v) is 17.6. The number of phenolic OH excluding ortho intramolecular Hbond substituents is 1. The lowest BCUT2D eigenvalue weighted by atomic mass is 10.3. The lowest BCUT2D eigenvalue weighted by molar-refractivity contribution is -0.127. The van der Waals surface area contributed by atoms with Crippen LogP contribution in [0.15, 0.2) is 71.8 Å². The molecule has 156 valence electrons. The highest BCUT2D eigenvalue weighted by molar-refractivity contribution is 8.18. The normalized spacial score (nSPS) is 15.0. The number of aromatic nitrogens is 1. The Morgan fingerprint density at radius 1 is 1.06 bits per heavy atom. The SMILES string of the molecule is O=C(CN1C(=O)S/C(=C\c2cccn2-c2ccc(O)cc2)C1=O)Nc1ccc(Cl)cc1. The number of anilines is 1. The molecule has 2 heterocycles. The third-order valence-corrected chi connectivity index (χ3v) is 5.65. The summed E-state index contributed by atoms with van der Waals surface area (Å²) in [6.45, 7) is -0.385. The van der Waals surface area contributed by atoms with Gasteiger partial charge in [0.15, 0.2) is 0 Å². The van der Waals surface area contributed by atoms with Gasteiger partial charge in [-0.2, -0.15) is 0 Å². The third kappa shape index (κ3) is 4.65. The number of benzene rings is 2. The van der Waals surface area contributed by atoms with Gasteiger partial charge >= 0.3 is 0 Å². The number of phenols is 1. The van der Waals surface area contributed by atoms with Gasteiger partial charge in [0, 0.05) is 28.3 Å². The van der Waals surface area contributed by atoms with Gasteiger partial charge in [-0.25, -0.2) is 0 Å². The lowest BCUT2D eigenvalue weighted by Gasteiger charge is -2.12. The number of nitrogens with zero attached hydrogens (tertiary/aromatic N) is 2. The predicted octanol–water partition coefficient (Wildman–Crippen LogP) is 4.51. The molecular weight excluding hydrogens is 438 g/mol. The molecule has 1 aliphatic rings. The number of aromatic hydroxyl groups is 1. The molecule has 0 atom stereocenters. The summed E-state index contributed by atoms with van der Waals surface area (Å²) in [5.41, 5.74) is 1.99. The maximum atomic E-state index is 12.7. The maximum absolute atomic E-state index is 12.7. The van der Waals surface area contributed by atoms with Gasteiger partial charge in [-0.3, -0.25) is 19.3 Å². The van der Waals surface area contributed by atoms with Crippen molar-refractivity contribution >= 4 is 52.2 Å². The van der Waals surface area contributed by atoms with Crippen LogP contribution < -0.4 is 5.32 Å². The number of hydrogen-bond donors (Lipinski definition) is 2. The van der Waals surface area contributed by atoms with E-state index < -0.39 is 17.1 Å². The average Bonchev–Trinajstić information content (AvgIpc) is 3.30. The number of hydrogen-bond acceptors (Lipinski definition) is 5. The first-order valence-electron chi connectivity index (χ1n) is 9.18. The molecule has 0 spiro atoms. The first-order chi connectivity index (χ1) is 14.9. The fourth-order valence-corrected chi connectivity index (χ4v) is 3.96. The standard InChI is InChI=1S/C22H16ClN3O4S/c23-14-3-5-15(6-4-14)24-20(28)13-26-21(29)19(31-22(26)30)12-17-2-1-11-25(17)16-7-9-18(27)10-8-16/h1-12,27H,13H2,(H,24,28)/b19-12-. The molecule has 2 N–H and O–H groups in total. The van der Waals surface area contributed by atoms with Gasteiger partial charge in [0.2, 0.25) is 5.91 Å². The van der Waals surface area contributed by atoms with Gasteiger partial charge in [-0.1, -0.05) is 11.6 Å². The molecule has 0 unspecified atom stereocenters. The number of amides is 3. The molecule has 3 amide bonds. The second-order valence-electron chi connectivity index (χ2n) is 6.64. The Bertz CT molecular complexity index is 1190. The van der Waals surface area contributed by atoms with E-state index in [0.717, 1.165) is 22.3 Å². The quantitative estimate of drug-likeness (QED) is 0.554. The minimum absolute atomic E-state index is 0.149. The second-order valence-corrected chi connectivity index (χ2v) is 8.07. The molecule has 1 aliphatic heterocycles. The number of nitrogens with one attached hydrogen (secondary N) is 1. The molecule has 7 nitrogen and oxygen atoms in total. The van der Waals surface area contributed by atoms with Crippen molar-refractivity contribution in [3.63, 3.8) is 0 Å². The highest BCUT2D eigenvalue weighted by Crippen LogP contribution is 2.32. The summed E-state index contributed by atoms with van der Waals surface area (Å²) in [6, 6.07) is 16.7. The van der Waals surface area contributed by atoms with Gasteiger partial charge in [0.1, 0.15) is 12.3 Å². The number of rotatable bonds is 5. The number of halogens is 1. The Kier molecular flexibility index (Phi) is 5.83. The highest BCUT2D eigenvalue weighted by atomic mass is 35.5. The summed E-state index contributed by atoms with van der Waals surface area (Å²) in [5.74, 6) is -0.867. The molecule has 0 radical (unpaired) electrons. The van der Waals surface area contributed by atoms with Crippen LogP contribution in [-0.2, 0) is 9.59 Å². The van der Waals surface area contributed by atoms with Gasteiger partial charge in [0.25, 0.3) is 11.1 Å². The molecular formula is C22H16ClN3O4S. The van der Waals surface area contributed by atoms with Crippen LogP contribution in [0.2, 0.25) is 5.02 Å².